The van der Waals surface area contributed by atoms with Crippen molar-refractivity contribution in [3.05, 3.63) is 52.0 Å². The van der Waals surface area contributed by atoms with E-state index in [0.29, 0.717) is 0 Å². The Balaban J connectivity index is 2.11. The van der Waals surface area contributed by atoms with E-state index in [1.807, 2.05) is 12.3 Å². The molecule has 0 saturated carbocycles. The molecule has 1 aromatic heterocycles. The van der Waals surface area contributed by atoms with E-state index in [1.54, 1.807) is 23.6 Å². The Morgan fingerprint density at radius 2 is 2.11 bits per heavy atom. The third kappa shape index (κ3) is 3.36. The fourth-order valence-electron chi connectivity index (χ4n) is 1.95. The van der Waals surface area contributed by atoms with Crippen molar-refractivity contribution in [3.63, 3.8) is 0 Å². The molecule has 0 aliphatic heterocycles. The zero-order chi connectivity index (χ0) is 13.8. The minimum absolute atomic E-state index is 0.0658. The van der Waals surface area contributed by atoms with Crippen LogP contribution in [0.4, 0.5) is 8.78 Å². The van der Waals surface area contributed by atoms with Gasteiger partial charge in [0.1, 0.15) is 5.01 Å². The van der Waals surface area contributed by atoms with Crippen LogP contribution in [0.15, 0.2) is 29.8 Å². The zero-order valence-electron chi connectivity index (χ0n) is 10.9. The molecule has 2 atom stereocenters. The summed E-state index contributed by atoms with van der Waals surface area (Å²) < 4.78 is 26.1. The molecule has 1 heterocycles. The second kappa shape index (κ2) is 6.21. The van der Waals surface area contributed by atoms with E-state index in [0.717, 1.165) is 23.1 Å². The molecule has 0 saturated heterocycles. The normalized spacial score (nSPS) is 14.3. The van der Waals surface area contributed by atoms with Gasteiger partial charge in [-0.3, -0.25) is 0 Å². The van der Waals surface area contributed by atoms with Crippen LogP contribution in [0.2, 0.25) is 0 Å². The molecule has 19 heavy (non-hydrogen) atoms. The maximum absolute atomic E-state index is 13.2. The van der Waals surface area contributed by atoms with Crippen molar-refractivity contribution in [2.24, 2.45) is 0 Å². The molecule has 102 valence electrons. The molecule has 2 unspecified atom stereocenters. The quantitative estimate of drug-likeness (QED) is 0.888. The molecule has 0 amide bonds. The maximum atomic E-state index is 13.2. The fraction of sp³-hybridized carbons (Fsp3) is 0.357. The summed E-state index contributed by atoms with van der Waals surface area (Å²) in [7, 11) is 0. The molecule has 1 aromatic carbocycles. The molecule has 0 aliphatic rings. The van der Waals surface area contributed by atoms with Crippen LogP contribution in [0.3, 0.4) is 0 Å². The first kappa shape index (κ1) is 14.1. The third-order valence-electron chi connectivity index (χ3n) is 3.05. The molecular weight excluding hydrogens is 266 g/mol. The van der Waals surface area contributed by atoms with Gasteiger partial charge in [-0.05, 0) is 31.0 Å². The second-order valence-corrected chi connectivity index (χ2v) is 5.32. The van der Waals surface area contributed by atoms with Crippen LogP contribution in [-0.4, -0.2) is 4.98 Å². The van der Waals surface area contributed by atoms with Crippen LogP contribution in [0.25, 0.3) is 0 Å². The van der Waals surface area contributed by atoms with Gasteiger partial charge in [0.05, 0.1) is 6.04 Å². The van der Waals surface area contributed by atoms with Gasteiger partial charge in [-0.15, -0.1) is 11.3 Å². The summed E-state index contributed by atoms with van der Waals surface area (Å²) in [5.74, 6) is -1.63. The molecule has 5 heteroatoms. The highest BCUT2D eigenvalue weighted by atomic mass is 32.1. The molecule has 2 rings (SSSR count). The van der Waals surface area contributed by atoms with E-state index in [-0.39, 0.29) is 12.1 Å². The number of nitrogens with zero attached hydrogens (tertiary/aromatic N) is 1. The van der Waals surface area contributed by atoms with Crippen LogP contribution in [-0.2, 0) is 0 Å². The van der Waals surface area contributed by atoms with Gasteiger partial charge in [0.2, 0.25) is 0 Å². The number of nitrogens with one attached hydrogen (secondary N) is 1. The molecule has 0 aliphatic carbocycles. The van der Waals surface area contributed by atoms with Crippen LogP contribution in [0, 0.1) is 11.6 Å². The van der Waals surface area contributed by atoms with E-state index in [1.165, 1.54) is 6.07 Å². The van der Waals surface area contributed by atoms with Crippen molar-refractivity contribution in [1.29, 1.82) is 0 Å². The summed E-state index contributed by atoms with van der Waals surface area (Å²) in [6, 6.07) is 4.06. The first-order chi connectivity index (χ1) is 9.11. The SMILES string of the molecule is CCC(NC(C)c1ccc(F)c(F)c1)c1nccs1. The van der Waals surface area contributed by atoms with E-state index in [9.17, 15) is 8.78 Å². The lowest BCUT2D eigenvalue weighted by molar-refractivity contribution is 0.449. The number of rotatable bonds is 5. The number of hydrogen-bond donors (Lipinski definition) is 1. The smallest absolute Gasteiger partial charge is 0.159 e. The van der Waals surface area contributed by atoms with Gasteiger partial charge < -0.3 is 5.32 Å². The number of hydrogen-bond acceptors (Lipinski definition) is 3. The van der Waals surface area contributed by atoms with E-state index in [2.05, 4.69) is 17.2 Å². The highest BCUT2D eigenvalue weighted by molar-refractivity contribution is 7.09. The summed E-state index contributed by atoms with van der Waals surface area (Å²) in [6.07, 6.45) is 2.66. The van der Waals surface area contributed by atoms with Gasteiger partial charge in [0.15, 0.2) is 11.6 Å². The molecule has 2 aromatic rings. The lowest BCUT2D eigenvalue weighted by atomic mass is 10.1. The predicted molar refractivity (Wildman–Crippen MR) is 73.1 cm³/mol. The summed E-state index contributed by atoms with van der Waals surface area (Å²) in [4.78, 5) is 4.29. The molecule has 2 nitrogen and oxygen atoms in total. The first-order valence-corrected chi connectivity index (χ1v) is 7.10. The van der Waals surface area contributed by atoms with Crippen molar-refractivity contribution < 1.29 is 8.78 Å². The highest BCUT2D eigenvalue weighted by Gasteiger charge is 2.16. The topological polar surface area (TPSA) is 24.9 Å². The fourth-order valence-corrected chi connectivity index (χ4v) is 2.73. The average molecular weight is 282 g/mol. The van der Waals surface area contributed by atoms with Gasteiger partial charge in [-0.2, -0.15) is 0 Å². The van der Waals surface area contributed by atoms with E-state index in [4.69, 9.17) is 0 Å². The van der Waals surface area contributed by atoms with Crippen LogP contribution in [0.5, 0.6) is 0 Å². The summed E-state index contributed by atoms with van der Waals surface area (Å²) in [6.45, 7) is 4.00. The van der Waals surface area contributed by atoms with Crippen molar-refractivity contribution in [2.75, 3.05) is 0 Å². The number of benzene rings is 1. The standard InChI is InChI=1S/C14H16F2N2S/c1-3-13(14-17-6-7-19-14)18-9(2)10-4-5-11(15)12(16)8-10/h4-9,13,18H,3H2,1-2H3. The van der Waals surface area contributed by atoms with Gasteiger partial charge >= 0.3 is 0 Å². The minimum Gasteiger partial charge on any atom is -0.301 e. The predicted octanol–water partition coefficient (Wildman–Crippen LogP) is 4.22. The Hall–Kier alpha value is -1.33. The van der Waals surface area contributed by atoms with Crippen LogP contribution in [0.1, 0.15) is 42.9 Å². The Morgan fingerprint density at radius 1 is 1.32 bits per heavy atom. The Labute approximate surface area is 115 Å². The minimum atomic E-state index is -0.817. The van der Waals surface area contributed by atoms with E-state index < -0.39 is 11.6 Å². The van der Waals surface area contributed by atoms with Crippen molar-refractivity contribution in [2.45, 2.75) is 32.4 Å². The Kier molecular flexibility index (Phi) is 4.61. The average Bonchev–Trinajstić information content (AvgIpc) is 2.92. The molecular formula is C14H16F2N2S. The van der Waals surface area contributed by atoms with Crippen molar-refractivity contribution in [3.8, 4) is 0 Å². The number of aromatic nitrogens is 1. The first-order valence-electron chi connectivity index (χ1n) is 6.22. The van der Waals surface area contributed by atoms with Gasteiger partial charge in [-0.25, -0.2) is 13.8 Å². The molecule has 0 fully saturated rings. The van der Waals surface area contributed by atoms with Crippen molar-refractivity contribution in [1.82, 2.24) is 10.3 Å². The Morgan fingerprint density at radius 3 is 2.68 bits per heavy atom. The zero-order valence-corrected chi connectivity index (χ0v) is 11.7. The van der Waals surface area contributed by atoms with E-state index >= 15 is 0 Å². The number of halogens is 2. The molecule has 0 bridgehead atoms. The lowest BCUT2D eigenvalue weighted by Crippen LogP contribution is -2.24. The Bertz CT molecular complexity index is 528. The number of thiazole rings is 1. The maximum Gasteiger partial charge on any atom is 0.159 e. The van der Waals surface area contributed by atoms with Crippen LogP contribution >= 0.6 is 11.3 Å². The van der Waals surface area contributed by atoms with Crippen LogP contribution < -0.4 is 5.32 Å². The summed E-state index contributed by atoms with van der Waals surface area (Å²) in [5, 5.41) is 6.33. The molecule has 0 spiro atoms. The molecule has 1 N–H and O–H groups in total. The second-order valence-electron chi connectivity index (χ2n) is 4.39. The third-order valence-corrected chi connectivity index (χ3v) is 3.94. The molecule has 0 radical (unpaired) electrons. The lowest BCUT2D eigenvalue weighted by Gasteiger charge is -2.21. The monoisotopic (exact) mass is 282 g/mol. The van der Waals surface area contributed by atoms with Gasteiger partial charge in [0, 0.05) is 17.6 Å². The highest BCUT2D eigenvalue weighted by Crippen LogP contribution is 2.24. The van der Waals surface area contributed by atoms with Crippen molar-refractivity contribution >= 4 is 11.3 Å². The van der Waals surface area contributed by atoms with Gasteiger partial charge in [-0.1, -0.05) is 13.0 Å². The summed E-state index contributed by atoms with van der Waals surface area (Å²) >= 11 is 1.59. The largest absolute Gasteiger partial charge is 0.301 e. The van der Waals surface area contributed by atoms with Gasteiger partial charge in [0.25, 0.3) is 0 Å². The summed E-state index contributed by atoms with van der Waals surface area (Å²) in [5.41, 5.74) is 0.730.